The number of fused-ring (bicyclic) bond motifs is 3. The largest absolute Gasteiger partial charge is 0.461 e. The number of hydrogen-bond donors (Lipinski definition) is 1. The van der Waals surface area contributed by atoms with Gasteiger partial charge in [0.2, 0.25) is 0 Å². The number of nitriles is 1. The summed E-state index contributed by atoms with van der Waals surface area (Å²) in [5.41, 5.74) is -1.89. The molecule has 58 heavy (non-hydrogen) atoms. The number of aromatic nitrogens is 2. The van der Waals surface area contributed by atoms with Gasteiger partial charge in [-0.1, -0.05) is 29.8 Å². The van der Waals surface area contributed by atoms with Crippen LogP contribution in [-0.4, -0.2) is 77.5 Å². The minimum absolute atomic E-state index is 0.00195. The molecule has 11 nitrogen and oxygen atoms in total. The van der Waals surface area contributed by atoms with Crippen molar-refractivity contribution in [2.45, 2.75) is 70.2 Å². The van der Waals surface area contributed by atoms with Gasteiger partial charge < -0.3 is 19.1 Å². The summed E-state index contributed by atoms with van der Waals surface area (Å²) in [6.45, 7) is 6.26. The number of ether oxygens (including phenoxy) is 3. The molecule has 0 saturated carbocycles. The van der Waals surface area contributed by atoms with Crippen LogP contribution in [0.1, 0.15) is 58.4 Å². The van der Waals surface area contributed by atoms with E-state index in [-0.39, 0.29) is 97.7 Å². The van der Waals surface area contributed by atoms with E-state index in [0.29, 0.717) is 13.0 Å². The second-order valence-corrected chi connectivity index (χ2v) is 16.8. The average Bonchev–Trinajstić information content (AvgIpc) is 3.81. The molecule has 2 fully saturated rings. The van der Waals surface area contributed by atoms with Gasteiger partial charge in [0.15, 0.2) is 17.4 Å². The third-order valence-corrected chi connectivity index (χ3v) is 11.6. The van der Waals surface area contributed by atoms with E-state index >= 15 is 8.78 Å². The smallest absolute Gasteiger partial charge is 0.412 e. The summed E-state index contributed by atoms with van der Waals surface area (Å²) in [7, 11) is 1.67. The van der Waals surface area contributed by atoms with Crippen molar-refractivity contribution in [3.63, 3.8) is 0 Å². The van der Waals surface area contributed by atoms with Gasteiger partial charge in [-0.05, 0) is 76.4 Å². The number of anilines is 2. The average molecular weight is 839 g/mol. The topological polar surface area (TPSA) is 130 Å². The molecule has 2 atom stereocenters. The predicted octanol–water partition coefficient (Wildman–Crippen LogP) is 9.58. The highest BCUT2D eigenvalue weighted by Crippen LogP contribution is 2.47. The zero-order valence-electron chi connectivity index (χ0n) is 32.1. The monoisotopic (exact) mass is 838 g/mol. The molecule has 2 saturated heterocycles. The van der Waals surface area contributed by atoms with E-state index in [1.54, 1.807) is 38.8 Å². The van der Waals surface area contributed by atoms with Crippen molar-refractivity contribution >= 4 is 66.8 Å². The lowest BCUT2D eigenvalue weighted by molar-refractivity contribution is -0.134. The number of amides is 1. The van der Waals surface area contributed by atoms with Crippen LogP contribution >= 0.6 is 22.9 Å². The van der Waals surface area contributed by atoms with E-state index in [1.807, 2.05) is 6.07 Å². The molecule has 0 unspecified atom stereocenters. The molecule has 304 valence electrons. The molecule has 4 heterocycles. The Bertz CT molecular complexity index is 2470. The molecule has 7 rings (SSSR count). The molecule has 0 spiro atoms. The Hall–Kier alpha value is -5.24. The highest BCUT2D eigenvalue weighted by atomic mass is 35.5. The molecular weight excluding hydrogens is 800 g/mol. The number of esters is 1. The van der Waals surface area contributed by atoms with Crippen LogP contribution < -0.4 is 19.7 Å². The predicted molar refractivity (Wildman–Crippen MR) is 213 cm³/mol. The quantitative estimate of drug-likeness (QED) is 0.0780. The summed E-state index contributed by atoms with van der Waals surface area (Å²) in [4.78, 5) is 38.1. The van der Waals surface area contributed by atoms with Crippen molar-refractivity contribution in [3.8, 4) is 29.0 Å². The van der Waals surface area contributed by atoms with Gasteiger partial charge in [-0.15, -0.1) is 11.3 Å². The second kappa shape index (κ2) is 16.2. The van der Waals surface area contributed by atoms with E-state index in [2.05, 4.69) is 20.2 Å². The summed E-state index contributed by atoms with van der Waals surface area (Å²) in [6.07, 6.45) is 0.120. The number of hydrogen-bond acceptors (Lipinski definition) is 11. The maximum Gasteiger partial charge on any atom is 0.412 e. The fraction of sp³-hybridized carbons (Fsp3) is 0.390. The van der Waals surface area contributed by atoms with Crippen molar-refractivity contribution in [3.05, 3.63) is 70.5 Å². The number of thiophene rings is 1. The van der Waals surface area contributed by atoms with Crippen LogP contribution in [0.2, 0.25) is 5.02 Å². The van der Waals surface area contributed by atoms with Crippen LogP contribution in [0.4, 0.5) is 33.2 Å². The number of halogens is 5. The molecular formula is C41H39ClF4N6O5S. The summed E-state index contributed by atoms with van der Waals surface area (Å²) in [6, 6.07) is 11.2. The maximum absolute atomic E-state index is 17.2. The van der Waals surface area contributed by atoms with Crippen molar-refractivity contribution in [1.29, 1.82) is 5.26 Å². The Morgan fingerprint density at radius 1 is 1.16 bits per heavy atom. The fourth-order valence-corrected chi connectivity index (χ4v) is 9.01. The Balaban J connectivity index is 1.27. The van der Waals surface area contributed by atoms with Gasteiger partial charge in [0.25, 0.3) is 0 Å². The first-order valence-electron chi connectivity index (χ1n) is 18.6. The van der Waals surface area contributed by atoms with Crippen LogP contribution in [0.5, 0.6) is 11.8 Å². The molecule has 2 aliphatic rings. The Kier molecular flexibility index (Phi) is 11.4. The molecule has 1 amide bonds. The number of nitrogens with one attached hydrogen (secondary N) is 1. The number of carbonyl (C=O) groups excluding carboxylic acids is 2. The van der Waals surface area contributed by atoms with Gasteiger partial charge in [0.05, 0.1) is 20.8 Å². The maximum atomic E-state index is 17.2. The first-order chi connectivity index (χ1) is 27.6. The van der Waals surface area contributed by atoms with Gasteiger partial charge in [-0.2, -0.15) is 15.2 Å². The number of alkyl halides is 1. The van der Waals surface area contributed by atoms with Crippen LogP contribution in [0.25, 0.3) is 32.1 Å². The Morgan fingerprint density at radius 3 is 2.67 bits per heavy atom. The van der Waals surface area contributed by atoms with Gasteiger partial charge >= 0.3 is 18.1 Å². The summed E-state index contributed by atoms with van der Waals surface area (Å²) in [5, 5.41) is 12.9. The molecule has 0 radical (unpaired) electrons. The van der Waals surface area contributed by atoms with Crippen molar-refractivity contribution < 1.29 is 41.4 Å². The van der Waals surface area contributed by atoms with Gasteiger partial charge in [-0.25, -0.2) is 22.4 Å². The van der Waals surface area contributed by atoms with E-state index in [1.165, 1.54) is 30.3 Å². The van der Waals surface area contributed by atoms with Gasteiger partial charge in [0.1, 0.15) is 46.6 Å². The molecule has 2 aromatic heterocycles. The van der Waals surface area contributed by atoms with Crippen LogP contribution in [-0.2, 0) is 9.53 Å². The van der Waals surface area contributed by atoms with Crippen LogP contribution in [0, 0.1) is 28.8 Å². The summed E-state index contributed by atoms with van der Waals surface area (Å²) in [5.74, 6) is -2.95. The molecule has 3 aromatic carbocycles. The Labute approximate surface area is 340 Å². The first kappa shape index (κ1) is 40.9. The zero-order valence-corrected chi connectivity index (χ0v) is 33.6. The normalized spacial score (nSPS) is 18.0. The molecule has 0 aliphatic carbocycles. The summed E-state index contributed by atoms with van der Waals surface area (Å²) < 4.78 is 78.0. The first-order valence-corrected chi connectivity index (χ1v) is 19.8. The van der Waals surface area contributed by atoms with E-state index in [0.717, 1.165) is 30.4 Å². The number of para-hydroxylation sites is 1. The fourth-order valence-electron chi connectivity index (χ4n) is 7.65. The lowest BCUT2D eigenvalue weighted by Crippen LogP contribution is -2.43. The molecule has 5 aromatic rings. The standard InChI is InChI=1S/C41H39ClF4N6O5S/c1-40(2,3)57-39(54)50-37-25(19-47)31-23(12-13-28(45)35(31)58-37)32-26(42)17-24-34(33(32)46)48-38(55-21-41-14-8-16-52(41)20-22(43)18-41)49-36(24)51(4)15-7-11-30(53)56-29-10-6-5-9-27(29)44/h5-6,9-10,12-13,17,22H,7-8,11,14-16,18,20-21H2,1-4H3,(H,50,54)/t22-,41+/m1/s1. The highest BCUT2D eigenvalue weighted by Gasteiger charge is 2.49. The molecule has 1 N–H and O–H groups in total. The Morgan fingerprint density at radius 2 is 1.93 bits per heavy atom. The van der Waals surface area contributed by atoms with E-state index < -0.39 is 46.8 Å². The number of benzene rings is 3. The zero-order chi connectivity index (χ0) is 41.5. The minimum atomic E-state index is -1.02. The molecule has 17 heteroatoms. The number of nitrogens with zero attached hydrogens (tertiary/aromatic N) is 5. The third kappa shape index (κ3) is 8.21. The summed E-state index contributed by atoms with van der Waals surface area (Å²) >= 11 is 7.66. The highest BCUT2D eigenvalue weighted by molar-refractivity contribution is 7.23. The van der Waals surface area contributed by atoms with E-state index in [9.17, 15) is 23.6 Å². The van der Waals surface area contributed by atoms with Crippen molar-refractivity contribution in [1.82, 2.24) is 14.9 Å². The minimum Gasteiger partial charge on any atom is -0.461 e. The van der Waals surface area contributed by atoms with Crippen molar-refractivity contribution in [2.75, 3.05) is 43.5 Å². The molecule has 0 bridgehead atoms. The van der Waals surface area contributed by atoms with E-state index in [4.69, 9.17) is 25.8 Å². The SMILES string of the molecule is CN(CCCC(=O)Oc1ccccc1F)c1nc(OC[C@@]23CCCN2C[C@H](F)C3)nc2c(F)c(-c3ccc(F)c4sc(NC(=O)OC(C)(C)C)c(C#N)c34)c(Cl)cc12. The number of rotatable bonds is 11. The van der Waals surface area contributed by atoms with Crippen LogP contribution in [0.15, 0.2) is 42.5 Å². The lowest BCUT2D eigenvalue weighted by Gasteiger charge is -2.31. The number of carbonyl (C=O) groups is 2. The van der Waals surface area contributed by atoms with Crippen molar-refractivity contribution in [2.24, 2.45) is 0 Å². The second-order valence-electron chi connectivity index (χ2n) is 15.4. The van der Waals surface area contributed by atoms with Gasteiger partial charge in [0, 0.05) is 49.3 Å². The van der Waals surface area contributed by atoms with Crippen LogP contribution in [0.3, 0.4) is 0 Å². The van der Waals surface area contributed by atoms with Gasteiger partial charge in [-0.3, -0.25) is 15.0 Å². The third-order valence-electron chi connectivity index (χ3n) is 10.2. The lowest BCUT2D eigenvalue weighted by atomic mass is 9.95. The molecule has 2 aliphatic heterocycles.